The minimum absolute atomic E-state index is 0.208. The van der Waals surface area contributed by atoms with E-state index >= 15 is 0 Å². The van der Waals surface area contributed by atoms with Gasteiger partial charge >= 0.3 is 0 Å². The number of carbonyl (C=O) groups is 1. The number of anilines is 1. The van der Waals surface area contributed by atoms with Crippen LogP contribution >= 0.6 is 0 Å². The van der Waals surface area contributed by atoms with Crippen molar-refractivity contribution in [3.05, 3.63) is 23.9 Å². The minimum atomic E-state index is -2.96. The molecule has 0 spiro atoms. The molecule has 1 aromatic heterocycles. The van der Waals surface area contributed by atoms with Crippen molar-refractivity contribution < 1.29 is 13.6 Å². The Bertz CT molecular complexity index is 519. The number of nitrogens with one attached hydrogen (secondary N) is 1. The number of alkyl halides is 2. The van der Waals surface area contributed by atoms with Crippen LogP contribution in [0.1, 0.15) is 38.7 Å². The zero-order valence-corrected chi connectivity index (χ0v) is 12.6. The first-order chi connectivity index (χ1) is 9.79. The van der Waals surface area contributed by atoms with Gasteiger partial charge in [-0.2, -0.15) is 0 Å². The molecule has 1 aliphatic heterocycles. The second-order valence-corrected chi connectivity index (χ2v) is 5.82. The molecule has 1 fully saturated rings. The summed E-state index contributed by atoms with van der Waals surface area (Å²) < 4.78 is 28.3. The van der Waals surface area contributed by atoms with Crippen LogP contribution in [0.5, 0.6) is 0 Å². The van der Waals surface area contributed by atoms with Crippen LogP contribution in [0.4, 0.5) is 14.6 Å². The van der Waals surface area contributed by atoms with E-state index in [0.717, 1.165) is 5.56 Å². The van der Waals surface area contributed by atoms with E-state index < -0.39 is 18.5 Å². The van der Waals surface area contributed by atoms with E-state index in [2.05, 4.69) is 10.3 Å². The van der Waals surface area contributed by atoms with Gasteiger partial charge < -0.3 is 10.2 Å². The molecule has 1 atom stereocenters. The molecule has 1 N–H and O–H groups in total. The van der Waals surface area contributed by atoms with Gasteiger partial charge in [-0.05, 0) is 30.0 Å². The Balaban J connectivity index is 2.09. The molecule has 6 heteroatoms. The molecule has 1 saturated heterocycles. The number of hydrogen-bond donors (Lipinski definition) is 1. The van der Waals surface area contributed by atoms with Crippen LogP contribution in [0.2, 0.25) is 0 Å². The SMILES string of the molecule is CC(=O)N1CCC(Nc2cc(C(C)C)ccn2)C(F)(F)C1. The summed E-state index contributed by atoms with van der Waals surface area (Å²) >= 11 is 0. The van der Waals surface area contributed by atoms with Crippen LogP contribution in [0.15, 0.2) is 18.3 Å². The van der Waals surface area contributed by atoms with Crippen molar-refractivity contribution >= 4 is 11.7 Å². The lowest BCUT2D eigenvalue weighted by atomic mass is 10.00. The van der Waals surface area contributed by atoms with Gasteiger partial charge in [0, 0.05) is 19.7 Å². The van der Waals surface area contributed by atoms with E-state index in [0.29, 0.717) is 18.3 Å². The fourth-order valence-corrected chi connectivity index (χ4v) is 2.45. The lowest BCUT2D eigenvalue weighted by Gasteiger charge is -2.38. The number of nitrogens with zero attached hydrogens (tertiary/aromatic N) is 2. The highest BCUT2D eigenvalue weighted by atomic mass is 19.3. The number of halogens is 2. The van der Waals surface area contributed by atoms with E-state index in [9.17, 15) is 13.6 Å². The van der Waals surface area contributed by atoms with E-state index in [1.165, 1.54) is 11.8 Å². The number of likely N-dealkylation sites (tertiary alicyclic amines) is 1. The second kappa shape index (κ2) is 5.95. The number of aromatic nitrogens is 1. The van der Waals surface area contributed by atoms with Crippen LogP contribution in [-0.4, -0.2) is 40.8 Å². The first-order valence-electron chi connectivity index (χ1n) is 7.15. The third kappa shape index (κ3) is 3.68. The molecule has 1 aliphatic rings. The van der Waals surface area contributed by atoms with E-state index in [-0.39, 0.29) is 12.3 Å². The fourth-order valence-electron chi connectivity index (χ4n) is 2.45. The summed E-state index contributed by atoms with van der Waals surface area (Å²) in [5.74, 6) is -2.50. The highest BCUT2D eigenvalue weighted by molar-refractivity contribution is 5.73. The Morgan fingerprint density at radius 1 is 1.52 bits per heavy atom. The molecule has 1 unspecified atom stereocenters. The molecule has 0 aliphatic carbocycles. The van der Waals surface area contributed by atoms with Crippen molar-refractivity contribution in [2.24, 2.45) is 0 Å². The van der Waals surface area contributed by atoms with Gasteiger partial charge in [-0.1, -0.05) is 13.8 Å². The summed E-state index contributed by atoms with van der Waals surface area (Å²) in [6.45, 7) is 5.20. The van der Waals surface area contributed by atoms with Gasteiger partial charge in [0.15, 0.2) is 0 Å². The zero-order valence-electron chi connectivity index (χ0n) is 12.6. The number of pyridine rings is 1. The number of amides is 1. The molecular weight excluding hydrogens is 276 g/mol. The molecule has 2 rings (SSSR count). The maximum atomic E-state index is 14.1. The Hall–Kier alpha value is -1.72. The van der Waals surface area contributed by atoms with Crippen molar-refractivity contribution in [3.63, 3.8) is 0 Å². The van der Waals surface area contributed by atoms with Gasteiger partial charge in [0.25, 0.3) is 5.92 Å². The lowest BCUT2D eigenvalue weighted by molar-refractivity contribution is -0.140. The summed E-state index contributed by atoms with van der Waals surface area (Å²) in [6.07, 6.45) is 1.83. The van der Waals surface area contributed by atoms with Crippen LogP contribution < -0.4 is 5.32 Å². The first-order valence-corrected chi connectivity index (χ1v) is 7.15. The van der Waals surface area contributed by atoms with Gasteiger partial charge in [0.2, 0.25) is 5.91 Å². The van der Waals surface area contributed by atoms with E-state index in [1.54, 1.807) is 12.3 Å². The molecule has 1 aromatic rings. The topological polar surface area (TPSA) is 45.2 Å². The van der Waals surface area contributed by atoms with E-state index in [4.69, 9.17) is 0 Å². The zero-order chi connectivity index (χ0) is 15.6. The van der Waals surface area contributed by atoms with Crippen molar-refractivity contribution in [2.45, 2.75) is 45.1 Å². The summed E-state index contributed by atoms with van der Waals surface area (Å²) in [5, 5.41) is 2.83. The maximum absolute atomic E-state index is 14.1. The van der Waals surface area contributed by atoms with Crippen molar-refractivity contribution in [3.8, 4) is 0 Å². The second-order valence-electron chi connectivity index (χ2n) is 5.82. The molecule has 0 radical (unpaired) electrons. The van der Waals surface area contributed by atoms with Crippen molar-refractivity contribution in [2.75, 3.05) is 18.4 Å². The third-order valence-corrected chi connectivity index (χ3v) is 3.82. The molecular formula is C15H21F2N3O. The molecule has 0 saturated carbocycles. The van der Waals surface area contributed by atoms with Gasteiger partial charge in [-0.3, -0.25) is 4.79 Å². The van der Waals surface area contributed by atoms with Crippen LogP contribution in [-0.2, 0) is 4.79 Å². The Morgan fingerprint density at radius 3 is 2.81 bits per heavy atom. The number of hydrogen-bond acceptors (Lipinski definition) is 3. The number of piperidine rings is 1. The van der Waals surface area contributed by atoms with Gasteiger partial charge in [-0.15, -0.1) is 0 Å². The highest BCUT2D eigenvalue weighted by Gasteiger charge is 2.45. The number of rotatable bonds is 3. The largest absolute Gasteiger partial charge is 0.361 e. The van der Waals surface area contributed by atoms with Crippen LogP contribution in [0.3, 0.4) is 0 Å². The van der Waals surface area contributed by atoms with E-state index in [1.807, 2.05) is 19.9 Å². The van der Waals surface area contributed by atoms with Gasteiger partial charge in [0.05, 0.1) is 12.6 Å². The average Bonchev–Trinajstić information content (AvgIpc) is 2.41. The minimum Gasteiger partial charge on any atom is -0.361 e. The normalized spacial score (nSPS) is 21.4. The average molecular weight is 297 g/mol. The Labute approximate surface area is 123 Å². The summed E-state index contributed by atoms with van der Waals surface area (Å²) in [4.78, 5) is 16.5. The first kappa shape index (κ1) is 15.7. The number of carbonyl (C=O) groups excluding carboxylic acids is 1. The van der Waals surface area contributed by atoms with Gasteiger partial charge in [-0.25, -0.2) is 13.8 Å². The molecule has 2 heterocycles. The lowest BCUT2D eigenvalue weighted by Crippen LogP contribution is -2.55. The molecule has 0 aromatic carbocycles. The van der Waals surface area contributed by atoms with Crippen LogP contribution in [0.25, 0.3) is 0 Å². The molecule has 116 valence electrons. The summed E-state index contributed by atoms with van der Waals surface area (Å²) in [6, 6.07) is 2.69. The monoisotopic (exact) mass is 297 g/mol. The third-order valence-electron chi connectivity index (χ3n) is 3.82. The van der Waals surface area contributed by atoms with Crippen molar-refractivity contribution in [1.82, 2.24) is 9.88 Å². The molecule has 0 bridgehead atoms. The van der Waals surface area contributed by atoms with Crippen LogP contribution in [0, 0.1) is 0 Å². The Morgan fingerprint density at radius 2 is 2.24 bits per heavy atom. The summed E-state index contributed by atoms with van der Waals surface area (Å²) in [7, 11) is 0. The summed E-state index contributed by atoms with van der Waals surface area (Å²) in [5.41, 5.74) is 1.05. The van der Waals surface area contributed by atoms with Gasteiger partial charge in [0.1, 0.15) is 5.82 Å². The smallest absolute Gasteiger partial charge is 0.285 e. The maximum Gasteiger partial charge on any atom is 0.285 e. The standard InChI is InChI=1S/C15H21F2N3O/c1-10(2)12-4-6-18-14(8-12)19-13-5-7-20(11(3)21)9-15(13,16)17/h4,6,8,10,13H,5,7,9H2,1-3H3,(H,18,19). The van der Waals surface area contributed by atoms with Crippen molar-refractivity contribution in [1.29, 1.82) is 0 Å². The Kier molecular flexibility index (Phi) is 4.44. The molecule has 21 heavy (non-hydrogen) atoms. The molecule has 1 amide bonds. The quantitative estimate of drug-likeness (QED) is 0.933. The predicted octanol–water partition coefficient (Wildman–Crippen LogP) is 2.87. The predicted molar refractivity (Wildman–Crippen MR) is 77.6 cm³/mol. The highest BCUT2D eigenvalue weighted by Crippen LogP contribution is 2.30. The fraction of sp³-hybridized carbons (Fsp3) is 0.600. The molecule has 4 nitrogen and oxygen atoms in total.